The third-order valence-electron chi connectivity index (χ3n) is 3.04. The van der Waals surface area contributed by atoms with Gasteiger partial charge in [0.05, 0.1) is 16.7 Å². The molecule has 2 rings (SSSR count). The van der Waals surface area contributed by atoms with Gasteiger partial charge >= 0.3 is 0 Å². The number of oxime groups is 1. The second-order valence-corrected chi connectivity index (χ2v) is 4.80. The first kappa shape index (κ1) is 14.0. The van der Waals surface area contributed by atoms with Crippen molar-refractivity contribution in [3.8, 4) is 5.75 Å². The number of nitrogens with two attached hydrogens (primary N) is 1. The van der Waals surface area contributed by atoms with Crippen LogP contribution in [0.2, 0.25) is 5.02 Å². The third kappa shape index (κ3) is 3.52. The Morgan fingerprint density at radius 3 is 3.05 bits per heavy atom. The van der Waals surface area contributed by atoms with Gasteiger partial charge in [0.15, 0.2) is 5.84 Å². The predicted molar refractivity (Wildman–Crippen MR) is 73.0 cm³/mol. The molecule has 1 unspecified atom stereocenters. The van der Waals surface area contributed by atoms with Gasteiger partial charge in [-0.2, -0.15) is 0 Å². The van der Waals surface area contributed by atoms with Gasteiger partial charge in [-0.1, -0.05) is 22.8 Å². The standard InChI is InChI=1S/C13H17ClN2O3/c14-10-5-3-6-11(12(10)13(15)16-17)19-8-9-4-1-2-7-18-9/h3,5-6,9,17H,1-2,4,7-8H2,(H2,15,16). The molecule has 1 aliphatic heterocycles. The maximum absolute atomic E-state index is 8.78. The second-order valence-electron chi connectivity index (χ2n) is 4.40. The Morgan fingerprint density at radius 1 is 1.53 bits per heavy atom. The summed E-state index contributed by atoms with van der Waals surface area (Å²) >= 11 is 6.04. The average Bonchev–Trinajstić information content (AvgIpc) is 2.45. The zero-order valence-electron chi connectivity index (χ0n) is 10.5. The van der Waals surface area contributed by atoms with E-state index in [0.29, 0.717) is 22.9 Å². The number of rotatable bonds is 4. The minimum Gasteiger partial charge on any atom is -0.490 e. The van der Waals surface area contributed by atoms with E-state index in [2.05, 4.69) is 5.16 Å². The van der Waals surface area contributed by atoms with Crippen LogP contribution in [-0.2, 0) is 4.74 Å². The van der Waals surface area contributed by atoms with Crippen LogP contribution in [0, 0.1) is 0 Å². The SMILES string of the molecule is NC(=NO)c1c(Cl)cccc1OCC1CCCCO1. The summed E-state index contributed by atoms with van der Waals surface area (Å²) in [7, 11) is 0. The van der Waals surface area contributed by atoms with Crippen LogP contribution in [0.15, 0.2) is 23.4 Å². The lowest BCUT2D eigenvalue weighted by Gasteiger charge is -2.23. The van der Waals surface area contributed by atoms with E-state index in [0.717, 1.165) is 25.9 Å². The van der Waals surface area contributed by atoms with Crippen molar-refractivity contribution >= 4 is 17.4 Å². The quantitative estimate of drug-likeness (QED) is 0.385. The summed E-state index contributed by atoms with van der Waals surface area (Å²) in [5, 5.41) is 12.1. The van der Waals surface area contributed by atoms with Crippen LogP contribution < -0.4 is 10.5 Å². The monoisotopic (exact) mass is 284 g/mol. The van der Waals surface area contributed by atoms with Crippen molar-refractivity contribution in [2.45, 2.75) is 25.4 Å². The fourth-order valence-corrected chi connectivity index (χ4v) is 2.31. The van der Waals surface area contributed by atoms with E-state index in [4.69, 9.17) is 32.0 Å². The second kappa shape index (κ2) is 6.63. The summed E-state index contributed by atoms with van der Waals surface area (Å²) in [5.74, 6) is 0.433. The Hall–Kier alpha value is -1.46. The average molecular weight is 285 g/mol. The van der Waals surface area contributed by atoms with Crippen molar-refractivity contribution in [3.63, 3.8) is 0 Å². The zero-order chi connectivity index (χ0) is 13.7. The lowest BCUT2D eigenvalue weighted by Crippen LogP contribution is -2.26. The molecule has 1 atom stereocenters. The van der Waals surface area contributed by atoms with Crippen LogP contribution in [0.5, 0.6) is 5.75 Å². The fraction of sp³-hybridized carbons (Fsp3) is 0.462. The van der Waals surface area contributed by atoms with Gasteiger partial charge in [0.2, 0.25) is 0 Å². The van der Waals surface area contributed by atoms with Gasteiger partial charge < -0.3 is 20.4 Å². The van der Waals surface area contributed by atoms with Gasteiger partial charge in [-0.3, -0.25) is 0 Å². The first-order valence-electron chi connectivity index (χ1n) is 6.23. The Morgan fingerprint density at radius 2 is 2.37 bits per heavy atom. The summed E-state index contributed by atoms with van der Waals surface area (Å²) in [5.41, 5.74) is 6.01. The molecular formula is C13H17ClN2O3. The molecule has 0 aliphatic carbocycles. The molecule has 0 radical (unpaired) electrons. The molecule has 1 aromatic rings. The van der Waals surface area contributed by atoms with E-state index in [1.165, 1.54) is 0 Å². The number of hydrogen-bond acceptors (Lipinski definition) is 4. The highest BCUT2D eigenvalue weighted by Gasteiger charge is 2.17. The van der Waals surface area contributed by atoms with Crippen LogP contribution >= 0.6 is 11.6 Å². The van der Waals surface area contributed by atoms with Crippen LogP contribution in [0.3, 0.4) is 0 Å². The first-order valence-corrected chi connectivity index (χ1v) is 6.61. The van der Waals surface area contributed by atoms with E-state index < -0.39 is 0 Å². The van der Waals surface area contributed by atoms with E-state index in [9.17, 15) is 0 Å². The molecule has 1 aromatic carbocycles. The Bertz CT molecular complexity index is 459. The number of halogens is 1. The summed E-state index contributed by atoms with van der Waals surface area (Å²) in [6.07, 6.45) is 3.33. The zero-order valence-corrected chi connectivity index (χ0v) is 11.3. The molecule has 0 aromatic heterocycles. The van der Waals surface area contributed by atoms with Gasteiger partial charge in [0.1, 0.15) is 12.4 Å². The molecule has 19 heavy (non-hydrogen) atoms. The van der Waals surface area contributed by atoms with E-state index in [-0.39, 0.29) is 11.9 Å². The molecule has 0 amide bonds. The molecular weight excluding hydrogens is 268 g/mol. The lowest BCUT2D eigenvalue weighted by atomic mass is 10.1. The number of hydrogen-bond donors (Lipinski definition) is 2. The smallest absolute Gasteiger partial charge is 0.175 e. The van der Waals surface area contributed by atoms with Gasteiger partial charge in [-0.05, 0) is 31.4 Å². The Kier molecular flexibility index (Phi) is 4.87. The minimum absolute atomic E-state index is 0.0647. The van der Waals surface area contributed by atoms with Crippen molar-refractivity contribution in [1.29, 1.82) is 0 Å². The van der Waals surface area contributed by atoms with Gasteiger partial charge in [0.25, 0.3) is 0 Å². The van der Waals surface area contributed by atoms with Crippen LogP contribution in [0.4, 0.5) is 0 Å². The summed E-state index contributed by atoms with van der Waals surface area (Å²) in [6, 6.07) is 5.16. The molecule has 1 saturated heterocycles. The Balaban J connectivity index is 2.09. The fourth-order valence-electron chi connectivity index (χ4n) is 2.04. The van der Waals surface area contributed by atoms with Crippen molar-refractivity contribution in [2.75, 3.05) is 13.2 Å². The van der Waals surface area contributed by atoms with Gasteiger partial charge in [0, 0.05) is 6.61 Å². The molecule has 1 fully saturated rings. The molecule has 1 aliphatic rings. The Labute approximate surface area is 116 Å². The maximum atomic E-state index is 8.78. The van der Waals surface area contributed by atoms with Crippen molar-refractivity contribution in [2.24, 2.45) is 10.9 Å². The molecule has 0 bridgehead atoms. The summed E-state index contributed by atoms with van der Waals surface area (Å²) in [4.78, 5) is 0. The van der Waals surface area contributed by atoms with Crippen molar-refractivity contribution in [1.82, 2.24) is 0 Å². The van der Waals surface area contributed by atoms with Crippen molar-refractivity contribution in [3.05, 3.63) is 28.8 Å². The highest BCUT2D eigenvalue weighted by atomic mass is 35.5. The molecule has 0 saturated carbocycles. The number of ether oxygens (including phenoxy) is 2. The highest BCUT2D eigenvalue weighted by molar-refractivity contribution is 6.34. The molecule has 104 valence electrons. The highest BCUT2D eigenvalue weighted by Crippen LogP contribution is 2.27. The van der Waals surface area contributed by atoms with Crippen LogP contribution in [0.1, 0.15) is 24.8 Å². The largest absolute Gasteiger partial charge is 0.490 e. The predicted octanol–water partition coefficient (Wildman–Crippen LogP) is 2.38. The lowest BCUT2D eigenvalue weighted by molar-refractivity contribution is -0.0111. The number of amidine groups is 1. The number of nitrogens with zero attached hydrogens (tertiary/aromatic N) is 1. The normalized spacial score (nSPS) is 20.3. The molecule has 3 N–H and O–H groups in total. The maximum Gasteiger partial charge on any atom is 0.175 e. The number of benzene rings is 1. The molecule has 5 nitrogen and oxygen atoms in total. The molecule has 1 heterocycles. The molecule has 0 spiro atoms. The van der Waals surface area contributed by atoms with E-state index in [1.54, 1.807) is 18.2 Å². The van der Waals surface area contributed by atoms with Crippen LogP contribution in [0.25, 0.3) is 0 Å². The van der Waals surface area contributed by atoms with Gasteiger partial charge in [-0.15, -0.1) is 0 Å². The summed E-state index contributed by atoms with van der Waals surface area (Å²) < 4.78 is 11.3. The minimum atomic E-state index is -0.0647. The van der Waals surface area contributed by atoms with E-state index >= 15 is 0 Å². The summed E-state index contributed by atoms with van der Waals surface area (Å²) in [6.45, 7) is 1.21. The molecule has 6 heteroatoms. The van der Waals surface area contributed by atoms with E-state index in [1.807, 2.05) is 0 Å². The third-order valence-corrected chi connectivity index (χ3v) is 3.35. The first-order chi connectivity index (χ1) is 9.22. The van der Waals surface area contributed by atoms with Gasteiger partial charge in [-0.25, -0.2) is 0 Å². The van der Waals surface area contributed by atoms with Crippen LogP contribution in [-0.4, -0.2) is 30.4 Å². The van der Waals surface area contributed by atoms with Crippen molar-refractivity contribution < 1.29 is 14.7 Å². The topological polar surface area (TPSA) is 77.1 Å².